The van der Waals surface area contributed by atoms with E-state index >= 15 is 0 Å². The van der Waals surface area contributed by atoms with Gasteiger partial charge in [-0.25, -0.2) is 9.59 Å². The molecule has 8 heteroatoms. The van der Waals surface area contributed by atoms with Gasteiger partial charge in [0.15, 0.2) is 5.11 Å². The van der Waals surface area contributed by atoms with E-state index in [0.717, 1.165) is 24.8 Å². The van der Waals surface area contributed by atoms with Crippen LogP contribution < -0.4 is 10.6 Å². The zero-order valence-corrected chi connectivity index (χ0v) is 17.6. The van der Waals surface area contributed by atoms with Crippen molar-refractivity contribution < 1.29 is 19.1 Å². The second-order valence-corrected chi connectivity index (χ2v) is 8.18. The third-order valence-electron chi connectivity index (χ3n) is 4.71. The van der Waals surface area contributed by atoms with E-state index in [1.807, 2.05) is 0 Å². The number of fused-ring (bicyclic) bond motifs is 1. The number of anilines is 2. The van der Waals surface area contributed by atoms with Crippen LogP contribution in [-0.2, 0) is 22.3 Å². The Labute approximate surface area is 173 Å². The number of hydrogen-bond acceptors (Lipinski definition) is 6. The molecule has 0 fully saturated rings. The van der Waals surface area contributed by atoms with Gasteiger partial charge >= 0.3 is 11.9 Å². The van der Waals surface area contributed by atoms with Crippen LogP contribution in [0.25, 0.3) is 0 Å². The van der Waals surface area contributed by atoms with E-state index in [1.54, 1.807) is 24.3 Å². The fraction of sp³-hybridized carbons (Fsp3) is 0.350. The van der Waals surface area contributed by atoms with Gasteiger partial charge < -0.3 is 20.1 Å². The summed E-state index contributed by atoms with van der Waals surface area (Å²) in [5, 5.41) is 7.09. The van der Waals surface area contributed by atoms with Gasteiger partial charge in [0.2, 0.25) is 0 Å². The first-order valence-electron chi connectivity index (χ1n) is 8.92. The van der Waals surface area contributed by atoms with Crippen molar-refractivity contribution in [2.24, 2.45) is 5.92 Å². The number of thiocarbonyl (C=S) groups is 1. The molecule has 28 heavy (non-hydrogen) atoms. The number of ether oxygens (including phenoxy) is 2. The van der Waals surface area contributed by atoms with Crippen LogP contribution in [0.3, 0.4) is 0 Å². The predicted octanol–water partition coefficient (Wildman–Crippen LogP) is 4.26. The first-order chi connectivity index (χ1) is 13.4. The molecule has 1 heterocycles. The maximum atomic E-state index is 12.4. The molecule has 0 spiro atoms. The number of benzene rings is 1. The summed E-state index contributed by atoms with van der Waals surface area (Å²) in [7, 11) is 2.71. The molecule has 2 N–H and O–H groups in total. The summed E-state index contributed by atoms with van der Waals surface area (Å²) >= 11 is 6.96. The normalized spacial score (nSPS) is 15.3. The SMILES string of the molecule is COC(=O)c1ccccc1NC(=S)Nc1sc2c(c1C(=O)OC)CCC(C)C2. The minimum atomic E-state index is -0.457. The van der Waals surface area contributed by atoms with Crippen molar-refractivity contribution in [1.29, 1.82) is 0 Å². The summed E-state index contributed by atoms with van der Waals surface area (Å²) < 4.78 is 9.80. The molecule has 6 nitrogen and oxygen atoms in total. The molecular weight excluding hydrogens is 396 g/mol. The lowest BCUT2D eigenvalue weighted by atomic mass is 9.88. The zero-order valence-electron chi connectivity index (χ0n) is 16.0. The van der Waals surface area contributed by atoms with Gasteiger partial charge in [-0.3, -0.25) is 0 Å². The van der Waals surface area contributed by atoms with Gasteiger partial charge in [-0.15, -0.1) is 11.3 Å². The third-order valence-corrected chi connectivity index (χ3v) is 6.08. The Bertz CT molecular complexity index is 923. The Morgan fingerprint density at radius 2 is 1.86 bits per heavy atom. The smallest absolute Gasteiger partial charge is 0.341 e. The fourth-order valence-electron chi connectivity index (χ4n) is 3.29. The molecule has 1 atom stereocenters. The van der Waals surface area contributed by atoms with Crippen LogP contribution in [-0.4, -0.2) is 31.3 Å². The second-order valence-electron chi connectivity index (χ2n) is 6.66. The lowest BCUT2D eigenvalue weighted by Gasteiger charge is -2.18. The van der Waals surface area contributed by atoms with Crippen molar-refractivity contribution in [3.05, 3.63) is 45.8 Å². The average molecular weight is 419 g/mol. The number of esters is 2. The van der Waals surface area contributed by atoms with Crippen molar-refractivity contribution in [3.63, 3.8) is 0 Å². The molecule has 1 unspecified atom stereocenters. The van der Waals surface area contributed by atoms with Crippen LogP contribution in [0.2, 0.25) is 0 Å². The maximum absolute atomic E-state index is 12.4. The minimum Gasteiger partial charge on any atom is -0.465 e. The number of nitrogens with one attached hydrogen (secondary N) is 2. The van der Waals surface area contributed by atoms with Gasteiger partial charge in [0.25, 0.3) is 0 Å². The third kappa shape index (κ3) is 4.18. The van der Waals surface area contributed by atoms with Gasteiger partial charge in [-0.2, -0.15) is 0 Å². The second kappa shape index (κ2) is 8.70. The number of methoxy groups -OCH3 is 2. The summed E-state index contributed by atoms with van der Waals surface area (Å²) in [4.78, 5) is 25.5. The van der Waals surface area contributed by atoms with Crippen LogP contribution in [0.15, 0.2) is 24.3 Å². The molecule has 1 aliphatic rings. The van der Waals surface area contributed by atoms with Crippen molar-refractivity contribution in [1.82, 2.24) is 0 Å². The van der Waals surface area contributed by atoms with E-state index in [0.29, 0.717) is 27.7 Å². The highest BCUT2D eigenvalue weighted by molar-refractivity contribution is 7.80. The summed E-state index contributed by atoms with van der Waals surface area (Å²) in [6.07, 6.45) is 2.84. The Balaban J connectivity index is 1.85. The molecule has 1 aromatic heterocycles. The van der Waals surface area contributed by atoms with E-state index in [2.05, 4.69) is 17.6 Å². The topological polar surface area (TPSA) is 76.7 Å². The summed E-state index contributed by atoms with van der Waals surface area (Å²) in [5.74, 6) is -0.240. The average Bonchev–Trinajstić information content (AvgIpc) is 3.03. The molecule has 3 rings (SSSR count). The maximum Gasteiger partial charge on any atom is 0.341 e. The summed E-state index contributed by atoms with van der Waals surface area (Å²) in [6.45, 7) is 2.21. The standard InChI is InChI=1S/C20H22N2O4S2/c1-11-8-9-13-15(10-11)28-17(16(13)19(24)26-3)22-20(27)21-14-7-5-4-6-12(14)18(23)25-2/h4-7,11H,8-10H2,1-3H3,(H2,21,22,27). The number of rotatable bonds is 4. The van der Waals surface area contributed by atoms with Crippen LogP contribution in [0.4, 0.5) is 10.7 Å². The van der Waals surface area contributed by atoms with Gasteiger partial charge in [0, 0.05) is 4.88 Å². The number of para-hydroxylation sites is 1. The van der Waals surface area contributed by atoms with Crippen molar-refractivity contribution >= 4 is 51.3 Å². The Morgan fingerprint density at radius 1 is 1.14 bits per heavy atom. The van der Waals surface area contributed by atoms with Gasteiger partial charge in [0.1, 0.15) is 5.00 Å². The molecule has 148 valence electrons. The number of carbonyl (C=O) groups excluding carboxylic acids is 2. The molecule has 0 saturated carbocycles. The molecule has 0 bridgehead atoms. The van der Waals surface area contributed by atoms with Crippen molar-refractivity contribution in [3.8, 4) is 0 Å². The van der Waals surface area contributed by atoms with Crippen LogP contribution in [0.1, 0.15) is 44.5 Å². The first kappa shape index (κ1) is 20.3. The number of thiophene rings is 1. The molecule has 0 saturated heterocycles. The quantitative estimate of drug-likeness (QED) is 0.568. The van der Waals surface area contributed by atoms with E-state index in [4.69, 9.17) is 21.7 Å². The Hall–Kier alpha value is -2.45. The molecule has 0 radical (unpaired) electrons. The monoisotopic (exact) mass is 418 g/mol. The Kier molecular flexibility index (Phi) is 6.31. The molecular formula is C20H22N2O4S2. The lowest BCUT2D eigenvalue weighted by molar-refractivity contribution is 0.0592. The molecule has 1 aromatic carbocycles. The molecule has 0 aliphatic heterocycles. The van der Waals surface area contributed by atoms with Crippen molar-refractivity contribution in [2.45, 2.75) is 26.2 Å². The first-order valence-corrected chi connectivity index (χ1v) is 10.1. The van der Waals surface area contributed by atoms with E-state index < -0.39 is 5.97 Å². The van der Waals surface area contributed by atoms with E-state index in [-0.39, 0.29) is 11.1 Å². The molecule has 2 aromatic rings. The summed E-state index contributed by atoms with van der Waals surface area (Å²) in [5.41, 5.74) is 2.51. The highest BCUT2D eigenvalue weighted by Gasteiger charge is 2.28. The van der Waals surface area contributed by atoms with Crippen LogP contribution in [0, 0.1) is 5.92 Å². The van der Waals surface area contributed by atoms with Gasteiger partial charge in [0.05, 0.1) is 31.0 Å². The highest BCUT2D eigenvalue weighted by atomic mass is 32.1. The molecule has 0 amide bonds. The predicted molar refractivity (Wildman–Crippen MR) is 114 cm³/mol. The van der Waals surface area contributed by atoms with E-state index in [9.17, 15) is 9.59 Å². The minimum absolute atomic E-state index is 0.285. The largest absolute Gasteiger partial charge is 0.465 e. The zero-order chi connectivity index (χ0) is 20.3. The fourth-order valence-corrected chi connectivity index (χ4v) is 4.97. The van der Waals surface area contributed by atoms with E-state index in [1.165, 1.54) is 30.4 Å². The highest BCUT2D eigenvalue weighted by Crippen LogP contribution is 2.40. The molecule has 1 aliphatic carbocycles. The van der Waals surface area contributed by atoms with Gasteiger partial charge in [-0.05, 0) is 55.1 Å². The van der Waals surface area contributed by atoms with Crippen LogP contribution in [0.5, 0.6) is 0 Å². The Morgan fingerprint density at radius 3 is 2.57 bits per heavy atom. The van der Waals surface area contributed by atoms with Crippen LogP contribution >= 0.6 is 23.6 Å². The van der Waals surface area contributed by atoms with Crippen molar-refractivity contribution in [2.75, 3.05) is 24.9 Å². The summed E-state index contributed by atoms with van der Waals surface area (Å²) in [6, 6.07) is 6.94. The lowest BCUT2D eigenvalue weighted by Crippen LogP contribution is -2.22. The number of carbonyl (C=O) groups is 2. The number of hydrogen-bond donors (Lipinski definition) is 2. The van der Waals surface area contributed by atoms with Gasteiger partial charge in [-0.1, -0.05) is 19.1 Å².